The standard InChI is InChI=1S/C23H22N4O3S/c28-23(26-16-6-8-18(9-7-16)29-17-4-2-1-3-5-17)30-19-10-12-27(14-19)22-21-20(11-13-31-21)24-15-25-22/h1-6,8-9,11,13,15-16,19H,7,10,12,14H2,(H,26,28). The molecule has 1 aliphatic carbocycles. The van der Waals surface area contributed by atoms with Crippen LogP contribution in [0.1, 0.15) is 12.8 Å². The molecule has 7 nitrogen and oxygen atoms in total. The maximum absolute atomic E-state index is 12.4. The molecule has 5 rings (SSSR count). The maximum atomic E-state index is 12.4. The molecule has 3 aromatic rings. The van der Waals surface area contributed by atoms with Gasteiger partial charge in [0, 0.05) is 13.0 Å². The summed E-state index contributed by atoms with van der Waals surface area (Å²) in [6.07, 6.45) is 8.23. The minimum atomic E-state index is -0.397. The molecule has 1 aromatic carbocycles. The number of carbonyl (C=O) groups is 1. The molecule has 31 heavy (non-hydrogen) atoms. The largest absolute Gasteiger partial charge is 0.458 e. The number of fused-ring (bicyclic) bond motifs is 1. The van der Waals surface area contributed by atoms with Gasteiger partial charge in [-0.05, 0) is 42.2 Å². The Bertz CT molecular complexity index is 1130. The van der Waals surface area contributed by atoms with Crippen molar-refractivity contribution >= 4 is 33.5 Å². The fourth-order valence-electron chi connectivity index (χ4n) is 3.76. The van der Waals surface area contributed by atoms with Gasteiger partial charge < -0.3 is 19.7 Å². The third-order valence-electron chi connectivity index (χ3n) is 5.29. The van der Waals surface area contributed by atoms with Crippen molar-refractivity contribution in [2.45, 2.75) is 25.0 Å². The number of thiophene rings is 1. The summed E-state index contributed by atoms with van der Waals surface area (Å²) < 4.78 is 12.5. The number of rotatable bonds is 5. The first-order valence-corrected chi connectivity index (χ1v) is 11.1. The predicted octanol–water partition coefficient (Wildman–Crippen LogP) is 4.29. The third-order valence-corrected chi connectivity index (χ3v) is 6.19. The summed E-state index contributed by atoms with van der Waals surface area (Å²) in [5.74, 6) is 2.48. The topological polar surface area (TPSA) is 76.6 Å². The van der Waals surface area contributed by atoms with Crippen LogP contribution in [0.2, 0.25) is 0 Å². The van der Waals surface area contributed by atoms with Crippen molar-refractivity contribution in [3.05, 3.63) is 72.1 Å². The lowest BCUT2D eigenvalue weighted by Gasteiger charge is -2.20. The number of hydrogen-bond donors (Lipinski definition) is 1. The average molecular weight is 435 g/mol. The Morgan fingerprint density at radius 3 is 2.94 bits per heavy atom. The molecule has 1 N–H and O–H groups in total. The second kappa shape index (κ2) is 8.77. The Hall–Kier alpha value is -3.39. The summed E-state index contributed by atoms with van der Waals surface area (Å²) in [7, 11) is 0. The van der Waals surface area contributed by atoms with Gasteiger partial charge in [0.1, 0.15) is 29.8 Å². The van der Waals surface area contributed by atoms with E-state index in [-0.39, 0.29) is 12.1 Å². The van der Waals surface area contributed by atoms with Crippen molar-refractivity contribution in [2.24, 2.45) is 0 Å². The van der Waals surface area contributed by atoms with Crippen molar-refractivity contribution in [1.82, 2.24) is 15.3 Å². The molecular weight excluding hydrogens is 412 g/mol. The molecule has 158 valence electrons. The van der Waals surface area contributed by atoms with Crippen LogP contribution in [-0.4, -0.2) is 41.3 Å². The number of amides is 1. The van der Waals surface area contributed by atoms with Crippen molar-refractivity contribution in [1.29, 1.82) is 0 Å². The molecule has 8 heteroatoms. The van der Waals surface area contributed by atoms with Crippen LogP contribution in [0.5, 0.6) is 5.75 Å². The lowest BCUT2D eigenvalue weighted by atomic mass is 10.1. The highest BCUT2D eigenvalue weighted by molar-refractivity contribution is 7.17. The first kappa shape index (κ1) is 19.6. The third kappa shape index (κ3) is 4.54. The molecule has 0 bridgehead atoms. The Morgan fingerprint density at radius 1 is 1.19 bits per heavy atom. The van der Waals surface area contributed by atoms with Crippen molar-refractivity contribution in [3.63, 3.8) is 0 Å². The number of nitrogens with zero attached hydrogens (tertiary/aromatic N) is 3. The predicted molar refractivity (Wildman–Crippen MR) is 120 cm³/mol. The molecule has 2 atom stereocenters. The molecule has 0 spiro atoms. The molecule has 2 aromatic heterocycles. The average Bonchev–Trinajstić information content (AvgIpc) is 3.45. The van der Waals surface area contributed by atoms with Gasteiger partial charge >= 0.3 is 6.09 Å². The molecule has 0 radical (unpaired) electrons. The van der Waals surface area contributed by atoms with Crippen molar-refractivity contribution in [3.8, 4) is 5.75 Å². The van der Waals surface area contributed by atoms with Crippen LogP contribution in [0.15, 0.2) is 72.1 Å². The molecular formula is C23H22N4O3S. The van der Waals surface area contributed by atoms with Gasteiger partial charge in [-0.15, -0.1) is 11.3 Å². The number of anilines is 1. The van der Waals surface area contributed by atoms with Gasteiger partial charge in [0.05, 0.1) is 22.8 Å². The van der Waals surface area contributed by atoms with Crippen LogP contribution in [0.4, 0.5) is 10.6 Å². The molecule has 1 fully saturated rings. The van der Waals surface area contributed by atoms with Crippen LogP contribution in [0, 0.1) is 0 Å². The fourth-order valence-corrected chi connectivity index (χ4v) is 4.62. The van der Waals surface area contributed by atoms with E-state index < -0.39 is 6.09 Å². The number of para-hydroxylation sites is 1. The lowest BCUT2D eigenvalue weighted by Crippen LogP contribution is -2.37. The van der Waals surface area contributed by atoms with Crippen LogP contribution >= 0.6 is 11.3 Å². The van der Waals surface area contributed by atoms with Gasteiger partial charge in [0.15, 0.2) is 0 Å². The highest BCUT2D eigenvalue weighted by atomic mass is 32.1. The summed E-state index contributed by atoms with van der Waals surface area (Å²) in [5.41, 5.74) is 0.949. The Morgan fingerprint density at radius 2 is 2.10 bits per heavy atom. The van der Waals surface area contributed by atoms with Gasteiger partial charge in [0.2, 0.25) is 0 Å². The number of alkyl carbamates (subject to hydrolysis) is 1. The highest BCUT2D eigenvalue weighted by Gasteiger charge is 2.28. The number of hydrogen-bond acceptors (Lipinski definition) is 7. The number of carbonyl (C=O) groups excluding carboxylic acids is 1. The number of allylic oxidation sites excluding steroid dienone is 1. The summed E-state index contributed by atoms with van der Waals surface area (Å²) in [4.78, 5) is 23.3. The van der Waals surface area contributed by atoms with E-state index in [9.17, 15) is 4.79 Å². The van der Waals surface area contributed by atoms with Gasteiger partial charge in [-0.2, -0.15) is 0 Å². The Labute approximate surface area is 184 Å². The summed E-state index contributed by atoms with van der Waals surface area (Å²) in [6, 6.07) is 11.5. The SMILES string of the molecule is O=C(NC1C=CC(Oc2ccccc2)=CC1)OC1CCN(c2ncnc3ccsc23)C1. The minimum absolute atomic E-state index is 0.110. The molecule has 1 amide bonds. The Kier molecular flexibility index (Phi) is 5.54. The summed E-state index contributed by atoms with van der Waals surface area (Å²) in [5, 5.41) is 4.94. The zero-order valence-corrected chi connectivity index (χ0v) is 17.6. The van der Waals surface area contributed by atoms with Crippen LogP contribution in [0.3, 0.4) is 0 Å². The Balaban J connectivity index is 1.11. The second-order valence-electron chi connectivity index (χ2n) is 7.46. The molecule has 1 saturated heterocycles. The smallest absolute Gasteiger partial charge is 0.407 e. The lowest BCUT2D eigenvalue weighted by molar-refractivity contribution is 0.106. The van der Waals surface area contributed by atoms with E-state index in [0.29, 0.717) is 13.0 Å². The van der Waals surface area contributed by atoms with E-state index in [1.165, 1.54) is 0 Å². The number of benzene rings is 1. The normalized spacial score (nSPS) is 20.5. The van der Waals surface area contributed by atoms with Gasteiger partial charge in [0.25, 0.3) is 0 Å². The summed E-state index contributed by atoms with van der Waals surface area (Å²) >= 11 is 1.63. The van der Waals surface area contributed by atoms with Gasteiger partial charge in [-0.25, -0.2) is 14.8 Å². The van der Waals surface area contributed by atoms with E-state index >= 15 is 0 Å². The molecule has 2 unspecified atom stereocenters. The van der Waals surface area contributed by atoms with Crippen LogP contribution in [-0.2, 0) is 4.74 Å². The van der Waals surface area contributed by atoms with Gasteiger partial charge in [-0.3, -0.25) is 0 Å². The van der Waals surface area contributed by atoms with E-state index in [2.05, 4.69) is 20.2 Å². The van der Waals surface area contributed by atoms with E-state index in [1.54, 1.807) is 17.7 Å². The van der Waals surface area contributed by atoms with Crippen LogP contribution in [0.25, 0.3) is 10.2 Å². The zero-order chi connectivity index (χ0) is 21.0. The first-order chi connectivity index (χ1) is 15.2. The van der Waals surface area contributed by atoms with E-state index in [1.807, 2.05) is 60.0 Å². The van der Waals surface area contributed by atoms with Crippen molar-refractivity contribution in [2.75, 3.05) is 18.0 Å². The van der Waals surface area contributed by atoms with E-state index in [0.717, 1.165) is 40.5 Å². The monoisotopic (exact) mass is 434 g/mol. The summed E-state index contributed by atoms with van der Waals surface area (Å²) in [6.45, 7) is 1.43. The van der Waals surface area contributed by atoms with E-state index in [4.69, 9.17) is 9.47 Å². The number of aromatic nitrogens is 2. The highest BCUT2D eigenvalue weighted by Crippen LogP contribution is 2.30. The molecule has 1 aliphatic heterocycles. The number of ether oxygens (including phenoxy) is 2. The quantitative estimate of drug-likeness (QED) is 0.646. The number of nitrogens with one attached hydrogen (secondary N) is 1. The second-order valence-corrected chi connectivity index (χ2v) is 8.38. The zero-order valence-electron chi connectivity index (χ0n) is 16.8. The fraction of sp³-hybridized carbons (Fsp3) is 0.261. The minimum Gasteiger partial charge on any atom is -0.458 e. The maximum Gasteiger partial charge on any atom is 0.407 e. The van der Waals surface area contributed by atoms with Crippen molar-refractivity contribution < 1.29 is 14.3 Å². The molecule has 2 aliphatic rings. The molecule has 3 heterocycles. The molecule has 0 saturated carbocycles. The van der Waals surface area contributed by atoms with Gasteiger partial charge in [-0.1, -0.05) is 24.3 Å². The first-order valence-electron chi connectivity index (χ1n) is 10.3. The van der Waals surface area contributed by atoms with Crippen LogP contribution < -0.4 is 15.0 Å².